The smallest absolute Gasteiger partial charge is 0.320 e. The lowest BCUT2D eigenvalue weighted by Crippen LogP contribution is -2.44. The highest BCUT2D eigenvalue weighted by atomic mass is 19.4. The SMILES string of the molecule is C/C=C\C=C(/C)CN1CCC(N(CC)C(=O)Nc2ccc(F)c(C(F)(F)F)c2)C1. The number of hydrogen-bond donors (Lipinski definition) is 1. The molecule has 1 atom stereocenters. The summed E-state index contributed by atoms with van der Waals surface area (Å²) < 4.78 is 52.1. The maximum atomic E-state index is 13.4. The molecule has 1 aliphatic heterocycles. The van der Waals surface area contributed by atoms with Crippen LogP contribution in [0.4, 0.5) is 28.0 Å². The number of hydrogen-bond acceptors (Lipinski definition) is 2. The minimum absolute atomic E-state index is 0.0305. The van der Waals surface area contributed by atoms with Crippen molar-refractivity contribution < 1.29 is 22.4 Å². The molecule has 1 heterocycles. The quantitative estimate of drug-likeness (QED) is 0.508. The number of allylic oxidation sites excluding steroid dienone is 3. The van der Waals surface area contributed by atoms with Gasteiger partial charge in [0.15, 0.2) is 0 Å². The van der Waals surface area contributed by atoms with Gasteiger partial charge in [-0.3, -0.25) is 4.90 Å². The normalized spacial score (nSPS) is 18.4. The molecule has 8 heteroatoms. The lowest BCUT2D eigenvalue weighted by molar-refractivity contribution is -0.139. The molecule has 2 amide bonds. The van der Waals surface area contributed by atoms with Gasteiger partial charge >= 0.3 is 12.2 Å². The summed E-state index contributed by atoms with van der Waals surface area (Å²) in [5.41, 5.74) is -0.266. The minimum Gasteiger partial charge on any atom is -0.320 e. The molecule has 0 saturated carbocycles. The molecule has 4 nitrogen and oxygen atoms in total. The van der Waals surface area contributed by atoms with Gasteiger partial charge < -0.3 is 10.2 Å². The molecule has 0 spiro atoms. The van der Waals surface area contributed by atoms with Crippen LogP contribution in [-0.2, 0) is 6.18 Å². The van der Waals surface area contributed by atoms with Crippen molar-refractivity contribution in [2.45, 2.75) is 39.4 Å². The number of likely N-dealkylation sites (N-methyl/N-ethyl adjacent to an activating group) is 1. The van der Waals surface area contributed by atoms with Crippen molar-refractivity contribution in [1.29, 1.82) is 0 Å². The van der Waals surface area contributed by atoms with E-state index in [1.165, 1.54) is 5.57 Å². The highest BCUT2D eigenvalue weighted by molar-refractivity contribution is 5.89. The molecule has 2 rings (SSSR count). The number of halogens is 4. The number of nitrogens with zero attached hydrogens (tertiary/aromatic N) is 2. The number of urea groups is 1. The first-order valence-corrected chi connectivity index (χ1v) is 9.60. The Morgan fingerprint density at radius 3 is 2.72 bits per heavy atom. The Morgan fingerprint density at radius 1 is 1.38 bits per heavy atom. The van der Waals surface area contributed by atoms with Gasteiger partial charge in [0.05, 0.1) is 5.56 Å². The predicted molar refractivity (Wildman–Crippen MR) is 106 cm³/mol. The van der Waals surface area contributed by atoms with Crippen molar-refractivity contribution in [3.8, 4) is 0 Å². The molecule has 1 aromatic rings. The third kappa shape index (κ3) is 6.32. The lowest BCUT2D eigenvalue weighted by atomic mass is 10.2. The number of carbonyl (C=O) groups is 1. The van der Waals surface area contributed by atoms with Gasteiger partial charge in [0.2, 0.25) is 0 Å². The van der Waals surface area contributed by atoms with E-state index >= 15 is 0 Å². The van der Waals surface area contributed by atoms with Crippen molar-refractivity contribution in [3.63, 3.8) is 0 Å². The summed E-state index contributed by atoms with van der Waals surface area (Å²) in [6.45, 7) is 8.57. The zero-order valence-electron chi connectivity index (χ0n) is 16.9. The van der Waals surface area contributed by atoms with Crippen LogP contribution in [0.25, 0.3) is 0 Å². The number of amides is 2. The molecule has 0 bridgehead atoms. The summed E-state index contributed by atoms with van der Waals surface area (Å²) >= 11 is 0. The van der Waals surface area contributed by atoms with Crippen molar-refractivity contribution >= 4 is 11.7 Å². The summed E-state index contributed by atoms with van der Waals surface area (Å²) in [5, 5.41) is 2.47. The second-order valence-electron chi connectivity index (χ2n) is 7.12. The topological polar surface area (TPSA) is 35.6 Å². The van der Waals surface area contributed by atoms with E-state index in [-0.39, 0.29) is 11.7 Å². The van der Waals surface area contributed by atoms with Gasteiger partial charge in [-0.15, -0.1) is 0 Å². The molecule has 1 saturated heterocycles. The molecular weight excluding hydrogens is 386 g/mol. The van der Waals surface area contributed by atoms with Crippen molar-refractivity contribution in [3.05, 3.63) is 53.4 Å². The van der Waals surface area contributed by atoms with Crippen LogP contribution in [0.1, 0.15) is 32.8 Å². The fraction of sp³-hybridized carbons (Fsp3) is 0.476. The number of anilines is 1. The third-order valence-corrected chi connectivity index (χ3v) is 4.86. The average Bonchev–Trinajstić information content (AvgIpc) is 3.09. The van der Waals surface area contributed by atoms with Crippen LogP contribution < -0.4 is 5.32 Å². The lowest BCUT2D eigenvalue weighted by Gasteiger charge is -2.28. The zero-order valence-corrected chi connectivity index (χ0v) is 16.9. The highest BCUT2D eigenvalue weighted by Gasteiger charge is 2.35. The maximum Gasteiger partial charge on any atom is 0.419 e. The van der Waals surface area contributed by atoms with E-state index in [4.69, 9.17) is 0 Å². The van der Waals surface area contributed by atoms with Gasteiger partial charge in [-0.2, -0.15) is 13.2 Å². The molecule has 160 valence electrons. The van der Waals surface area contributed by atoms with Crippen LogP contribution in [0.3, 0.4) is 0 Å². The van der Waals surface area contributed by atoms with Crippen molar-refractivity contribution in [1.82, 2.24) is 9.80 Å². The first-order chi connectivity index (χ1) is 13.7. The van der Waals surface area contributed by atoms with Gasteiger partial charge in [-0.05, 0) is 45.4 Å². The Bertz CT molecular complexity index is 774. The molecule has 0 aliphatic carbocycles. The van der Waals surface area contributed by atoms with E-state index in [2.05, 4.69) is 10.2 Å². The molecule has 1 aromatic carbocycles. The van der Waals surface area contributed by atoms with Crippen molar-refractivity contribution in [2.75, 3.05) is 31.5 Å². The summed E-state index contributed by atoms with van der Waals surface area (Å²) in [4.78, 5) is 16.5. The van der Waals surface area contributed by atoms with Crippen LogP contribution >= 0.6 is 0 Å². The molecule has 1 aliphatic rings. The number of benzene rings is 1. The Kier molecular flexibility index (Phi) is 7.84. The van der Waals surface area contributed by atoms with E-state index in [1.807, 2.05) is 39.0 Å². The van der Waals surface area contributed by atoms with Crippen LogP contribution in [-0.4, -0.2) is 48.1 Å². The number of likely N-dealkylation sites (tertiary alicyclic amines) is 1. The molecule has 1 N–H and O–H groups in total. The number of rotatable bonds is 6. The number of alkyl halides is 3. The van der Waals surface area contributed by atoms with Gasteiger partial charge in [0.25, 0.3) is 0 Å². The molecule has 1 fully saturated rings. The minimum atomic E-state index is -4.82. The van der Waals surface area contributed by atoms with Crippen LogP contribution in [0.5, 0.6) is 0 Å². The van der Waals surface area contributed by atoms with Crippen LogP contribution in [0.15, 0.2) is 42.0 Å². The summed E-state index contributed by atoms with van der Waals surface area (Å²) in [6, 6.07) is 1.95. The predicted octanol–water partition coefficient (Wildman–Crippen LogP) is 5.30. The zero-order chi connectivity index (χ0) is 21.6. The van der Waals surface area contributed by atoms with Gasteiger partial charge in [0.1, 0.15) is 5.82 Å². The molecule has 0 aromatic heterocycles. The average molecular weight is 413 g/mol. The second kappa shape index (κ2) is 9.91. The molecular formula is C21H27F4N3O. The first kappa shape index (κ1) is 22.9. The van der Waals surface area contributed by atoms with Gasteiger partial charge in [0, 0.05) is 37.9 Å². The second-order valence-corrected chi connectivity index (χ2v) is 7.12. The van der Waals surface area contributed by atoms with E-state index < -0.39 is 23.6 Å². The third-order valence-electron chi connectivity index (χ3n) is 4.86. The maximum absolute atomic E-state index is 13.4. The highest BCUT2D eigenvalue weighted by Crippen LogP contribution is 2.33. The number of carbonyl (C=O) groups excluding carboxylic acids is 1. The van der Waals surface area contributed by atoms with E-state index in [0.717, 1.165) is 25.6 Å². The van der Waals surface area contributed by atoms with E-state index in [1.54, 1.807) is 4.90 Å². The van der Waals surface area contributed by atoms with Gasteiger partial charge in [-0.1, -0.05) is 23.8 Å². The van der Waals surface area contributed by atoms with Crippen LogP contribution in [0, 0.1) is 5.82 Å². The fourth-order valence-corrected chi connectivity index (χ4v) is 3.46. The molecule has 1 unspecified atom stereocenters. The largest absolute Gasteiger partial charge is 0.419 e. The van der Waals surface area contributed by atoms with Crippen molar-refractivity contribution in [2.24, 2.45) is 0 Å². The fourth-order valence-electron chi connectivity index (χ4n) is 3.46. The van der Waals surface area contributed by atoms with Gasteiger partial charge in [-0.25, -0.2) is 9.18 Å². The summed E-state index contributed by atoms with van der Waals surface area (Å²) in [6.07, 6.45) is 1.95. The Morgan fingerprint density at radius 2 is 2.10 bits per heavy atom. The number of nitrogens with one attached hydrogen (secondary N) is 1. The Labute approximate surface area is 168 Å². The standard InChI is InChI=1S/C21H27F4N3O/c1-4-6-7-15(3)13-27-11-10-17(14-27)28(5-2)20(29)26-16-8-9-19(22)18(12-16)21(23,24)25/h4,6-9,12,17H,5,10-11,13-14H2,1-3H3,(H,26,29)/b6-4-,15-7+. The van der Waals surface area contributed by atoms with E-state index in [0.29, 0.717) is 25.2 Å². The Balaban J connectivity index is 2.03. The first-order valence-electron chi connectivity index (χ1n) is 9.60. The monoisotopic (exact) mass is 413 g/mol. The molecule has 29 heavy (non-hydrogen) atoms. The summed E-state index contributed by atoms with van der Waals surface area (Å²) in [7, 11) is 0. The molecule has 0 radical (unpaired) electrons. The summed E-state index contributed by atoms with van der Waals surface area (Å²) in [5.74, 6) is -1.37. The van der Waals surface area contributed by atoms with E-state index in [9.17, 15) is 22.4 Å². The van der Waals surface area contributed by atoms with Crippen LogP contribution in [0.2, 0.25) is 0 Å². The Hall–Kier alpha value is -2.35.